The van der Waals surface area contributed by atoms with E-state index in [0.717, 1.165) is 13.1 Å². The Bertz CT molecular complexity index is 285. The summed E-state index contributed by atoms with van der Waals surface area (Å²) in [7, 11) is 3.98. The number of nitrogens with one attached hydrogen (secondary N) is 1. The number of β-amino-alcohol motifs (C(OH)–C–C–N with tert-alkyl or cyclic N) is 1. The number of aliphatic hydroxyl groups excluding tert-OH is 1. The summed E-state index contributed by atoms with van der Waals surface area (Å²) in [4.78, 5) is 16.2. The molecule has 3 unspecified atom stereocenters. The minimum Gasteiger partial charge on any atom is -0.392 e. The van der Waals surface area contributed by atoms with E-state index in [4.69, 9.17) is 0 Å². The number of rotatable bonds is 3. The molecule has 2 rings (SSSR count). The van der Waals surface area contributed by atoms with E-state index in [2.05, 4.69) is 17.3 Å². The minimum absolute atomic E-state index is 0.113. The van der Waals surface area contributed by atoms with Gasteiger partial charge < -0.3 is 20.2 Å². The van der Waals surface area contributed by atoms with Crippen LogP contribution in [0.4, 0.5) is 0 Å². The van der Waals surface area contributed by atoms with Gasteiger partial charge in [-0.2, -0.15) is 0 Å². The van der Waals surface area contributed by atoms with Crippen LogP contribution in [0.15, 0.2) is 0 Å². The van der Waals surface area contributed by atoms with Gasteiger partial charge in [-0.25, -0.2) is 0 Å². The van der Waals surface area contributed by atoms with Crippen LogP contribution in [0.2, 0.25) is 0 Å². The highest BCUT2D eigenvalue weighted by atomic mass is 16.3. The predicted octanol–water partition coefficient (Wildman–Crippen LogP) is -0.738. The number of likely N-dealkylation sites (tertiary alicyclic amines) is 1. The summed E-state index contributed by atoms with van der Waals surface area (Å²) in [5.41, 5.74) is 0. The quantitative estimate of drug-likeness (QED) is 0.683. The van der Waals surface area contributed by atoms with E-state index in [1.807, 2.05) is 11.9 Å². The number of amides is 1. The van der Waals surface area contributed by atoms with Crippen LogP contribution in [-0.4, -0.2) is 72.7 Å². The minimum atomic E-state index is -0.369. The standard InChI is InChI=1S/C12H23N3O2/c1-14-5-3-4-9(14)8-15(2)12(17)11-6-10(16)7-13-11/h9-11,13,16H,3-8H2,1-2H3. The van der Waals surface area contributed by atoms with Gasteiger partial charge in [0.2, 0.25) is 5.91 Å². The summed E-state index contributed by atoms with van der Waals surface area (Å²) in [6.07, 6.45) is 2.58. The van der Waals surface area contributed by atoms with E-state index >= 15 is 0 Å². The van der Waals surface area contributed by atoms with Crippen molar-refractivity contribution < 1.29 is 9.90 Å². The van der Waals surface area contributed by atoms with Crippen LogP contribution in [0, 0.1) is 0 Å². The van der Waals surface area contributed by atoms with E-state index in [0.29, 0.717) is 19.0 Å². The van der Waals surface area contributed by atoms with Gasteiger partial charge >= 0.3 is 0 Å². The zero-order valence-electron chi connectivity index (χ0n) is 10.7. The number of hydrogen-bond donors (Lipinski definition) is 2. The van der Waals surface area contributed by atoms with E-state index in [9.17, 15) is 9.90 Å². The Morgan fingerprint density at radius 2 is 2.35 bits per heavy atom. The van der Waals surface area contributed by atoms with Crippen molar-refractivity contribution in [3.8, 4) is 0 Å². The number of likely N-dealkylation sites (N-methyl/N-ethyl adjacent to an activating group) is 2. The van der Waals surface area contributed by atoms with Gasteiger partial charge in [0, 0.05) is 26.2 Å². The van der Waals surface area contributed by atoms with Crippen LogP contribution in [0.1, 0.15) is 19.3 Å². The van der Waals surface area contributed by atoms with Crippen LogP contribution in [-0.2, 0) is 4.79 Å². The fourth-order valence-corrected chi connectivity index (χ4v) is 2.79. The lowest BCUT2D eigenvalue weighted by atomic mass is 10.1. The molecule has 2 fully saturated rings. The van der Waals surface area contributed by atoms with Crippen LogP contribution in [0.3, 0.4) is 0 Å². The fourth-order valence-electron chi connectivity index (χ4n) is 2.79. The molecule has 2 aliphatic rings. The molecule has 0 aliphatic carbocycles. The molecule has 3 atom stereocenters. The summed E-state index contributed by atoms with van der Waals surface area (Å²) in [6, 6.07) is 0.303. The molecule has 17 heavy (non-hydrogen) atoms. The van der Waals surface area contributed by atoms with Crippen molar-refractivity contribution in [1.82, 2.24) is 15.1 Å². The maximum atomic E-state index is 12.1. The average Bonchev–Trinajstić information content (AvgIpc) is 2.88. The zero-order valence-corrected chi connectivity index (χ0v) is 10.7. The summed E-state index contributed by atoms with van der Waals surface area (Å²) >= 11 is 0. The van der Waals surface area contributed by atoms with Gasteiger partial charge in [-0.3, -0.25) is 4.79 Å². The second kappa shape index (κ2) is 5.33. The monoisotopic (exact) mass is 241 g/mol. The topological polar surface area (TPSA) is 55.8 Å². The van der Waals surface area contributed by atoms with E-state index < -0.39 is 0 Å². The highest BCUT2D eigenvalue weighted by molar-refractivity contribution is 5.82. The maximum absolute atomic E-state index is 12.1. The number of aliphatic hydroxyl groups is 1. The maximum Gasteiger partial charge on any atom is 0.239 e. The highest BCUT2D eigenvalue weighted by Crippen LogP contribution is 2.16. The van der Waals surface area contributed by atoms with Crippen molar-refractivity contribution in [2.45, 2.75) is 37.5 Å². The first-order chi connectivity index (χ1) is 8.08. The highest BCUT2D eigenvalue weighted by Gasteiger charge is 2.31. The van der Waals surface area contributed by atoms with Gasteiger partial charge in [0.1, 0.15) is 0 Å². The molecule has 2 aliphatic heterocycles. The molecule has 0 aromatic carbocycles. The number of carbonyl (C=O) groups is 1. The first kappa shape index (κ1) is 12.8. The lowest BCUT2D eigenvalue weighted by Crippen LogP contribution is -2.46. The zero-order chi connectivity index (χ0) is 12.4. The predicted molar refractivity (Wildman–Crippen MR) is 65.7 cm³/mol. The third kappa shape index (κ3) is 2.97. The Labute approximate surface area is 103 Å². The number of hydrogen-bond acceptors (Lipinski definition) is 4. The first-order valence-corrected chi connectivity index (χ1v) is 6.44. The second-order valence-electron chi connectivity index (χ2n) is 5.35. The molecule has 0 radical (unpaired) electrons. The third-order valence-corrected chi connectivity index (χ3v) is 3.94. The molecule has 2 N–H and O–H groups in total. The molecule has 2 heterocycles. The van der Waals surface area contributed by atoms with Crippen molar-refractivity contribution in [1.29, 1.82) is 0 Å². The molecule has 1 amide bonds. The lowest BCUT2D eigenvalue weighted by Gasteiger charge is -2.27. The van der Waals surface area contributed by atoms with Crippen molar-refractivity contribution in [3.05, 3.63) is 0 Å². The van der Waals surface area contributed by atoms with Crippen LogP contribution >= 0.6 is 0 Å². The summed E-state index contributed by atoms with van der Waals surface area (Å²) in [5.74, 6) is 0.113. The van der Waals surface area contributed by atoms with Crippen LogP contribution in [0.25, 0.3) is 0 Å². The second-order valence-corrected chi connectivity index (χ2v) is 5.35. The van der Waals surface area contributed by atoms with Gasteiger partial charge in [-0.1, -0.05) is 0 Å². The Hall–Kier alpha value is -0.650. The summed E-state index contributed by atoms with van der Waals surface area (Å²) < 4.78 is 0. The van der Waals surface area contributed by atoms with Crippen molar-refractivity contribution in [3.63, 3.8) is 0 Å². The Balaban J connectivity index is 1.82. The smallest absolute Gasteiger partial charge is 0.239 e. The molecular weight excluding hydrogens is 218 g/mol. The largest absolute Gasteiger partial charge is 0.392 e. The molecule has 98 valence electrons. The number of carbonyl (C=O) groups excluding carboxylic acids is 1. The molecular formula is C12H23N3O2. The molecule has 5 heteroatoms. The first-order valence-electron chi connectivity index (χ1n) is 6.44. The van der Waals surface area contributed by atoms with Gasteiger partial charge in [-0.15, -0.1) is 0 Å². The molecule has 0 saturated carbocycles. The normalized spacial score (nSPS) is 34.2. The van der Waals surface area contributed by atoms with Gasteiger partial charge in [0.05, 0.1) is 12.1 Å². The van der Waals surface area contributed by atoms with Crippen molar-refractivity contribution in [2.75, 3.05) is 33.7 Å². The SMILES string of the molecule is CN(CC1CCCN1C)C(=O)C1CC(O)CN1. The van der Waals surface area contributed by atoms with Crippen molar-refractivity contribution in [2.24, 2.45) is 0 Å². The van der Waals surface area contributed by atoms with Gasteiger partial charge in [0.15, 0.2) is 0 Å². The fraction of sp³-hybridized carbons (Fsp3) is 0.917. The molecule has 5 nitrogen and oxygen atoms in total. The van der Waals surface area contributed by atoms with E-state index in [1.165, 1.54) is 12.8 Å². The molecule has 2 saturated heterocycles. The molecule has 0 aromatic heterocycles. The van der Waals surface area contributed by atoms with E-state index in [1.54, 1.807) is 0 Å². The van der Waals surface area contributed by atoms with Gasteiger partial charge in [-0.05, 0) is 32.9 Å². The van der Waals surface area contributed by atoms with Crippen LogP contribution in [0.5, 0.6) is 0 Å². The Morgan fingerprint density at radius 1 is 1.59 bits per heavy atom. The lowest BCUT2D eigenvalue weighted by molar-refractivity contribution is -0.132. The Kier molecular flexibility index (Phi) is 4.01. The molecule has 0 spiro atoms. The third-order valence-electron chi connectivity index (χ3n) is 3.94. The van der Waals surface area contributed by atoms with Gasteiger partial charge in [0.25, 0.3) is 0 Å². The summed E-state index contributed by atoms with van der Waals surface area (Å²) in [5, 5.41) is 12.5. The van der Waals surface area contributed by atoms with Crippen molar-refractivity contribution >= 4 is 5.91 Å². The van der Waals surface area contributed by atoms with E-state index in [-0.39, 0.29) is 18.1 Å². The Morgan fingerprint density at radius 3 is 2.88 bits per heavy atom. The number of nitrogens with zero attached hydrogens (tertiary/aromatic N) is 2. The molecule has 0 aromatic rings. The van der Waals surface area contributed by atoms with Crippen LogP contribution < -0.4 is 5.32 Å². The summed E-state index contributed by atoms with van der Waals surface area (Å²) in [6.45, 7) is 2.46. The average molecular weight is 241 g/mol. The molecule has 0 bridgehead atoms.